The number of likely N-dealkylation sites (tertiary alicyclic amines) is 1. The van der Waals surface area contributed by atoms with E-state index in [1.54, 1.807) is 0 Å². The molecular formula is C25H20F6N8O2. The summed E-state index contributed by atoms with van der Waals surface area (Å²) in [5, 5.41) is 5.82. The molecule has 1 saturated heterocycles. The van der Waals surface area contributed by atoms with Crippen molar-refractivity contribution in [2.45, 2.75) is 25.1 Å². The smallest absolute Gasteiger partial charge is 0.434 e. The number of nitrogen functional groups attached to an aromatic ring is 1. The van der Waals surface area contributed by atoms with E-state index in [1.807, 2.05) is 0 Å². The van der Waals surface area contributed by atoms with Crippen LogP contribution >= 0.6 is 0 Å². The highest BCUT2D eigenvalue weighted by molar-refractivity contribution is 6.05. The van der Waals surface area contributed by atoms with Crippen LogP contribution in [-0.4, -0.2) is 54.6 Å². The van der Waals surface area contributed by atoms with Gasteiger partial charge in [0.25, 0.3) is 17.8 Å². The van der Waals surface area contributed by atoms with Crippen LogP contribution < -0.4 is 15.8 Å². The number of nitrogens with one attached hydrogen (secondary N) is 1. The zero-order valence-corrected chi connectivity index (χ0v) is 20.9. The van der Waals surface area contributed by atoms with Gasteiger partial charge in [-0.25, -0.2) is 28.1 Å². The number of carbonyl (C=O) groups excluding carboxylic acids is 1. The third-order valence-electron chi connectivity index (χ3n) is 6.11. The summed E-state index contributed by atoms with van der Waals surface area (Å²) in [7, 11) is 0. The van der Waals surface area contributed by atoms with Crippen molar-refractivity contribution in [3.05, 3.63) is 77.8 Å². The summed E-state index contributed by atoms with van der Waals surface area (Å²) in [5.74, 6) is -5.63. The van der Waals surface area contributed by atoms with Crippen LogP contribution in [0, 0.1) is 5.82 Å². The Labute approximate surface area is 227 Å². The van der Waals surface area contributed by atoms with Gasteiger partial charge >= 0.3 is 6.18 Å². The second-order valence-corrected chi connectivity index (χ2v) is 9.06. The number of alkyl halides is 5. The van der Waals surface area contributed by atoms with Crippen molar-refractivity contribution in [3.8, 4) is 17.4 Å². The molecule has 0 spiro atoms. The predicted molar refractivity (Wildman–Crippen MR) is 132 cm³/mol. The summed E-state index contributed by atoms with van der Waals surface area (Å²) in [4.78, 5) is 25.6. The summed E-state index contributed by atoms with van der Waals surface area (Å²) in [5.41, 5.74) is 3.78. The summed E-state index contributed by atoms with van der Waals surface area (Å²) in [6, 6.07) is 5.98. The number of nitrogens with two attached hydrogens (primary N) is 1. The molecule has 1 aromatic carbocycles. The van der Waals surface area contributed by atoms with Crippen LogP contribution in [-0.2, 0) is 12.7 Å². The molecule has 1 aliphatic rings. The first kappa shape index (κ1) is 27.8. The zero-order chi connectivity index (χ0) is 29.4. The van der Waals surface area contributed by atoms with Crippen LogP contribution in [0.5, 0.6) is 11.5 Å². The minimum atomic E-state index is -5.00. The first-order valence-corrected chi connectivity index (χ1v) is 12.0. The number of aromatic nitrogens is 5. The minimum absolute atomic E-state index is 0.0103. The standard InChI is InChI=1S/C25H20F6N8O2/c26-17-10-14(37-22(40)15-11-36-39(20(15)25(29,30)31)23-34-6-1-7-35-23)2-3-19(17)41-18-4-8-33-21(32)16(18)12-38-9-5-24(27,28)13-38/h1-4,6-8,10-11H,5,9,12-13H2,(H2,32,33)(H,37,40). The number of nitrogens with zero attached hydrogens (tertiary/aromatic N) is 6. The van der Waals surface area contributed by atoms with E-state index in [2.05, 4.69) is 25.4 Å². The molecule has 16 heteroatoms. The lowest BCUT2D eigenvalue weighted by Crippen LogP contribution is -2.25. The van der Waals surface area contributed by atoms with Crippen molar-refractivity contribution in [1.29, 1.82) is 0 Å². The van der Waals surface area contributed by atoms with Gasteiger partial charge in [0.05, 0.1) is 23.9 Å². The van der Waals surface area contributed by atoms with E-state index in [1.165, 1.54) is 41.7 Å². The molecule has 0 aliphatic carbocycles. The van der Waals surface area contributed by atoms with Gasteiger partial charge in [0, 0.05) is 49.9 Å². The summed E-state index contributed by atoms with van der Waals surface area (Å²) < 4.78 is 89.8. The largest absolute Gasteiger partial charge is 0.454 e. The van der Waals surface area contributed by atoms with Crippen LogP contribution in [0.3, 0.4) is 0 Å². The Kier molecular flexibility index (Phi) is 7.25. The highest BCUT2D eigenvalue weighted by Gasteiger charge is 2.41. The number of halogens is 6. The van der Waals surface area contributed by atoms with Gasteiger partial charge in [-0.2, -0.15) is 23.0 Å². The van der Waals surface area contributed by atoms with Gasteiger partial charge in [-0.3, -0.25) is 9.69 Å². The minimum Gasteiger partial charge on any atom is -0.454 e. The maximum absolute atomic E-state index is 15.0. The van der Waals surface area contributed by atoms with E-state index in [4.69, 9.17) is 10.5 Å². The molecule has 41 heavy (non-hydrogen) atoms. The Hall–Kier alpha value is -4.73. The fourth-order valence-electron chi connectivity index (χ4n) is 4.23. The van der Waals surface area contributed by atoms with Crippen molar-refractivity contribution in [3.63, 3.8) is 0 Å². The molecule has 4 heterocycles. The fraction of sp³-hybridized carbons (Fsp3) is 0.240. The van der Waals surface area contributed by atoms with Crippen LogP contribution in [0.1, 0.15) is 28.0 Å². The Morgan fingerprint density at radius 3 is 2.51 bits per heavy atom. The van der Waals surface area contributed by atoms with E-state index >= 15 is 0 Å². The molecule has 0 radical (unpaired) electrons. The molecule has 1 fully saturated rings. The molecule has 0 saturated carbocycles. The van der Waals surface area contributed by atoms with Gasteiger partial charge in [0.2, 0.25) is 0 Å². The van der Waals surface area contributed by atoms with Crippen LogP contribution in [0.2, 0.25) is 0 Å². The number of rotatable bonds is 7. The lowest BCUT2D eigenvalue weighted by Gasteiger charge is -2.19. The quantitative estimate of drug-likeness (QED) is 0.303. The molecule has 0 bridgehead atoms. The predicted octanol–water partition coefficient (Wildman–Crippen LogP) is 4.68. The van der Waals surface area contributed by atoms with E-state index in [-0.39, 0.29) is 48.1 Å². The van der Waals surface area contributed by atoms with E-state index in [9.17, 15) is 31.1 Å². The lowest BCUT2D eigenvalue weighted by molar-refractivity contribution is -0.143. The molecule has 0 atom stereocenters. The SMILES string of the molecule is Nc1nccc(Oc2ccc(NC(=O)c3cnn(-c4ncccn4)c3C(F)(F)F)cc2F)c1CN1CCC(F)(F)C1. The molecule has 1 amide bonds. The number of hydrogen-bond donors (Lipinski definition) is 2. The van der Waals surface area contributed by atoms with Gasteiger partial charge in [-0.05, 0) is 24.3 Å². The summed E-state index contributed by atoms with van der Waals surface area (Å²) in [6.07, 6.45) is -0.877. The van der Waals surface area contributed by atoms with Crippen molar-refractivity contribution >= 4 is 17.4 Å². The van der Waals surface area contributed by atoms with Crippen molar-refractivity contribution in [2.24, 2.45) is 0 Å². The van der Waals surface area contributed by atoms with Crippen molar-refractivity contribution in [2.75, 3.05) is 24.1 Å². The molecule has 0 unspecified atom stereocenters. The number of ether oxygens (including phenoxy) is 1. The summed E-state index contributed by atoms with van der Waals surface area (Å²) in [6.45, 7) is -0.364. The third kappa shape index (κ3) is 6.06. The number of hydrogen-bond acceptors (Lipinski definition) is 8. The third-order valence-corrected chi connectivity index (χ3v) is 6.11. The number of anilines is 2. The molecule has 10 nitrogen and oxygen atoms in total. The fourth-order valence-corrected chi connectivity index (χ4v) is 4.23. The second-order valence-electron chi connectivity index (χ2n) is 9.06. The van der Waals surface area contributed by atoms with Gasteiger partial charge in [0.1, 0.15) is 11.6 Å². The first-order valence-electron chi connectivity index (χ1n) is 12.0. The second kappa shape index (κ2) is 10.7. The van der Waals surface area contributed by atoms with Gasteiger partial charge in [0.15, 0.2) is 17.3 Å². The number of pyridine rings is 1. The van der Waals surface area contributed by atoms with Crippen molar-refractivity contribution < 1.29 is 35.9 Å². The first-order chi connectivity index (χ1) is 19.4. The van der Waals surface area contributed by atoms with Crippen LogP contribution in [0.4, 0.5) is 37.8 Å². The Morgan fingerprint density at radius 2 is 1.85 bits per heavy atom. The zero-order valence-electron chi connectivity index (χ0n) is 20.9. The van der Waals surface area contributed by atoms with Crippen molar-refractivity contribution in [1.82, 2.24) is 29.6 Å². The maximum Gasteiger partial charge on any atom is 0.434 e. The Morgan fingerprint density at radius 1 is 1.10 bits per heavy atom. The Bertz CT molecular complexity index is 1580. The molecule has 1 aliphatic heterocycles. The van der Waals surface area contributed by atoms with E-state index < -0.39 is 47.6 Å². The highest BCUT2D eigenvalue weighted by Crippen LogP contribution is 2.36. The molecular weight excluding hydrogens is 558 g/mol. The number of carbonyl (C=O) groups is 1. The lowest BCUT2D eigenvalue weighted by atomic mass is 10.2. The average Bonchev–Trinajstić information content (AvgIpc) is 3.51. The number of benzene rings is 1. The molecule has 3 N–H and O–H groups in total. The topological polar surface area (TPSA) is 124 Å². The normalized spacial score (nSPS) is 15.2. The Balaban J connectivity index is 1.35. The highest BCUT2D eigenvalue weighted by atomic mass is 19.4. The average molecular weight is 578 g/mol. The molecule has 4 aromatic rings. The molecule has 214 valence electrons. The van der Waals surface area contributed by atoms with E-state index in [0.29, 0.717) is 10.9 Å². The van der Waals surface area contributed by atoms with Crippen LogP contribution in [0.25, 0.3) is 5.95 Å². The monoisotopic (exact) mass is 578 g/mol. The van der Waals surface area contributed by atoms with Crippen LogP contribution in [0.15, 0.2) is 55.1 Å². The van der Waals surface area contributed by atoms with E-state index in [0.717, 1.165) is 12.1 Å². The molecule has 5 rings (SSSR count). The maximum atomic E-state index is 15.0. The van der Waals surface area contributed by atoms with Gasteiger partial charge in [-0.15, -0.1) is 0 Å². The van der Waals surface area contributed by atoms with Gasteiger partial charge < -0.3 is 15.8 Å². The summed E-state index contributed by atoms with van der Waals surface area (Å²) >= 11 is 0. The molecule has 3 aromatic heterocycles. The van der Waals surface area contributed by atoms with Gasteiger partial charge in [-0.1, -0.05) is 0 Å². The number of amides is 1.